The van der Waals surface area contributed by atoms with Crippen molar-refractivity contribution in [1.29, 1.82) is 0 Å². The van der Waals surface area contributed by atoms with Crippen LogP contribution in [0.4, 0.5) is 0 Å². The van der Waals surface area contributed by atoms with Crippen molar-refractivity contribution in [1.82, 2.24) is 0 Å². The molecule has 72 valence electrons. The van der Waals surface area contributed by atoms with E-state index in [1.165, 1.54) is 0 Å². The molecular formula is C10H20BrN. The van der Waals surface area contributed by atoms with Gasteiger partial charge in [0, 0.05) is 6.42 Å². The van der Waals surface area contributed by atoms with Crippen LogP contribution in [0.25, 0.3) is 0 Å². The molecule has 0 aromatic carbocycles. The zero-order valence-corrected chi connectivity index (χ0v) is 10.2. The molecule has 0 radical (unpaired) electrons. The molecule has 0 saturated carbocycles. The van der Waals surface area contributed by atoms with Crippen molar-refractivity contribution in [3.8, 4) is 12.0 Å². The van der Waals surface area contributed by atoms with E-state index >= 15 is 0 Å². The van der Waals surface area contributed by atoms with Crippen LogP contribution in [0.2, 0.25) is 0 Å². The fraction of sp³-hybridized carbons (Fsp3) is 0.800. The zero-order chi connectivity index (χ0) is 8.74. The highest BCUT2D eigenvalue weighted by Crippen LogP contribution is 2.02. The average molecular weight is 234 g/mol. The Balaban J connectivity index is 0. The Morgan fingerprint density at radius 1 is 0.917 bits per heavy atom. The van der Waals surface area contributed by atoms with Crippen molar-refractivity contribution in [3.05, 3.63) is 0 Å². The van der Waals surface area contributed by atoms with Gasteiger partial charge < -0.3 is 17.0 Å². The third-order valence-electron chi connectivity index (χ3n) is 2.31. The molecule has 0 heterocycles. The maximum Gasteiger partial charge on any atom is 0.137 e. The van der Waals surface area contributed by atoms with Gasteiger partial charge in [-0.1, -0.05) is 6.92 Å². The largest absolute Gasteiger partial charge is 1.00 e. The first-order chi connectivity index (χ1) is 5.24. The highest BCUT2D eigenvalue weighted by atomic mass is 79.9. The Labute approximate surface area is 87.5 Å². The van der Waals surface area contributed by atoms with Gasteiger partial charge in [0.15, 0.2) is 0 Å². The second-order valence-corrected chi connectivity index (χ2v) is 2.74. The molecule has 0 aromatic rings. The molecule has 0 aliphatic carbocycles. The van der Waals surface area contributed by atoms with Crippen LogP contribution in [0, 0.1) is 12.0 Å². The SMILES string of the molecule is CCC#C[N+](CC)(CC)CC.[Br-]. The third kappa shape index (κ3) is 4.13. The molecule has 0 aromatic heterocycles. The summed E-state index contributed by atoms with van der Waals surface area (Å²) in [6, 6.07) is 3.32. The number of hydrogen-bond acceptors (Lipinski definition) is 0. The highest BCUT2D eigenvalue weighted by Gasteiger charge is 2.17. The lowest BCUT2D eigenvalue weighted by Gasteiger charge is -2.27. The normalized spacial score (nSPS) is 9.67. The number of nitrogens with zero attached hydrogens (tertiary/aromatic N) is 1. The van der Waals surface area contributed by atoms with E-state index in [0.29, 0.717) is 0 Å². The topological polar surface area (TPSA) is 0 Å². The van der Waals surface area contributed by atoms with Crippen LogP contribution >= 0.6 is 0 Å². The van der Waals surface area contributed by atoms with Crippen molar-refractivity contribution >= 4 is 0 Å². The van der Waals surface area contributed by atoms with Crippen LogP contribution in [0.1, 0.15) is 34.1 Å². The summed E-state index contributed by atoms with van der Waals surface area (Å²) in [4.78, 5) is 0. The van der Waals surface area contributed by atoms with Gasteiger partial charge in [-0.2, -0.15) is 0 Å². The first kappa shape index (κ1) is 14.5. The second kappa shape index (κ2) is 7.64. The summed E-state index contributed by atoms with van der Waals surface area (Å²) in [7, 11) is 0. The van der Waals surface area contributed by atoms with Crippen molar-refractivity contribution < 1.29 is 21.5 Å². The highest BCUT2D eigenvalue weighted by molar-refractivity contribution is 4.90. The molecule has 0 aliphatic heterocycles. The standard InChI is InChI=1S/C10H20N.BrH/c1-5-9-10-11(6-2,7-3)8-4;/h5-8H2,1-4H3;1H/q+1;/p-1. The molecule has 0 fully saturated rings. The molecule has 0 amide bonds. The van der Waals surface area contributed by atoms with Crippen LogP contribution in [0.3, 0.4) is 0 Å². The molecule has 0 bridgehead atoms. The fourth-order valence-corrected chi connectivity index (χ4v) is 1.15. The summed E-state index contributed by atoms with van der Waals surface area (Å²) in [5, 5.41) is 0. The zero-order valence-electron chi connectivity index (χ0n) is 8.65. The van der Waals surface area contributed by atoms with Gasteiger partial charge in [-0.05, 0) is 26.7 Å². The maximum absolute atomic E-state index is 3.32. The Bertz CT molecular complexity index is 143. The Hall–Kier alpha value is 0. The Kier molecular flexibility index (Phi) is 9.24. The predicted octanol–water partition coefficient (Wildman–Crippen LogP) is -0.762. The maximum atomic E-state index is 3.32. The lowest BCUT2D eigenvalue weighted by Crippen LogP contribution is -3.00. The number of quaternary nitrogens is 1. The first-order valence-corrected chi connectivity index (χ1v) is 4.60. The lowest BCUT2D eigenvalue weighted by atomic mass is 10.3. The minimum absolute atomic E-state index is 0. The Morgan fingerprint density at radius 3 is 1.58 bits per heavy atom. The van der Waals surface area contributed by atoms with E-state index < -0.39 is 0 Å². The minimum Gasteiger partial charge on any atom is -1.00 e. The summed E-state index contributed by atoms with van der Waals surface area (Å²) >= 11 is 0. The first-order valence-electron chi connectivity index (χ1n) is 4.60. The van der Waals surface area contributed by atoms with Gasteiger partial charge in [-0.15, -0.1) is 0 Å². The average Bonchev–Trinajstić information content (AvgIpc) is 2.08. The molecule has 0 unspecified atom stereocenters. The summed E-state index contributed by atoms with van der Waals surface area (Å²) in [5.74, 6) is 3.16. The van der Waals surface area contributed by atoms with E-state index in [2.05, 4.69) is 39.7 Å². The van der Waals surface area contributed by atoms with Gasteiger partial charge in [0.2, 0.25) is 0 Å². The van der Waals surface area contributed by atoms with Crippen molar-refractivity contribution in [3.63, 3.8) is 0 Å². The van der Waals surface area contributed by atoms with Gasteiger partial charge in [-0.25, -0.2) is 4.48 Å². The number of rotatable bonds is 3. The van der Waals surface area contributed by atoms with E-state index in [1.807, 2.05) is 0 Å². The number of halogens is 1. The van der Waals surface area contributed by atoms with Crippen molar-refractivity contribution in [2.24, 2.45) is 0 Å². The molecule has 0 rings (SSSR count). The minimum atomic E-state index is 0. The Morgan fingerprint density at radius 2 is 1.33 bits per heavy atom. The summed E-state index contributed by atoms with van der Waals surface area (Å²) < 4.78 is 0.952. The lowest BCUT2D eigenvalue weighted by molar-refractivity contribution is -0.858. The van der Waals surface area contributed by atoms with Gasteiger partial charge in [0.1, 0.15) is 6.04 Å². The van der Waals surface area contributed by atoms with Gasteiger partial charge >= 0.3 is 0 Å². The molecule has 2 heteroatoms. The monoisotopic (exact) mass is 233 g/mol. The van der Waals surface area contributed by atoms with E-state index in [1.54, 1.807) is 0 Å². The van der Waals surface area contributed by atoms with Crippen LogP contribution < -0.4 is 17.0 Å². The fourth-order valence-electron chi connectivity index (χ4n) is 1.15. The molecular weight excluding hydrogens is 214 g/mol. The van der Waals surface area contributed by atoms with E-state index in [4.69, 9.17) is 0 Å². The molecule has 1 nitrogen and oxygen atoms in total. The quantitative estimate of drug-likeness (QED) is 0.445. The predicted molar refractivity (Wildman–Crippen MR) is 50.0 cm³/mol. The molecule has 0 atom stereocenters. The molecule has 12 heavy (non-hydrogen) atoms. The summed E-state index contributed by atoms with van der Waals surface area (Å²) in [5.41, 5.74) is 0. The van der Waals surface area contributed by atoms with Crippen LogP contribution in [0.5, 0.6) is 0 Å². The van der Waals surface area contributed by atoms with Crippen molar-refractivity contribution in [2.75, 3.05) is 19.6 Å². The van der Waals surface area contributed by atoms with E-state index in [0.717, 1.165) is 30.5 Å². The van der Waals surface area contributed by atoms with Crippen LogP contribution in [-0.4, -0.2) is 24.1 Å². The molecule has 0 saturated heterocycles. The van der Waals surface area contributed by atoms with Gasteiger partial charge in [0.25, 0.3) is 0 Å². The van der Waals surface area contributed by atoms with Crippen LogP contribution in [-0.2, 0) is 0 Å². The summed E-state index contributed by atoms with van der Waals surface area (Å²) in [6.07, 6.45) is 0.972. The molecule has 0 N–H and O–H groups in total. The van der Waals surface area contributed by atoms with E-state index in [9.17, 15) is 0 Å². The third-order valence-corrected chi connectivity index (χ3v) is 2.31. The molecule has 0 spiro atoms. The van der Waals surface area contributed by atoms with Gasteiger partial charge in [-0.3, -0.25) is 0 Å². The smallest absolute Gasteiger partial charge is 0.137 e. The van der Waals surface area contributed by atoms with Gasteiger partial charge in [0.05, 0.1) is 19.6 Å². The summed E-state index contributed by atoms with van der Waals surface area (Å²) in [6.45, 7) is 12.1. The number of hydrogen-bond donors (Lipinski definition) is 0. The van der Waals surface area contributed by atoms with Crippen molar-refractivity contribution in [2.45, 2.75) is 34.1 Å². The van der Waals surface area contributed by atoms with E-state index in [-0.39, 0.29) is 17.0 Å². The second-order valence-electron chi connectivity index (χ2n) is 2.74. The molecule has 0 aliphatic rings. The van der Waals surface area contributed by atoms with Crippen LogP contribution in [0.15, 0.2) is 0 Å².